The first-order chi connectivity index (χ1) is 11.6. The van der Waals surface area contributed by atoms with Crippen LogP contribution in [0, 0.1) is 5.82 Å². The number of rotatable bonds is 5. The number of aromatic nitrogens is 1. The predicted octanol–water partition coefficient (Wildman–Crippen LogP) is 3.33. The van der Waals surface area contributed by atoms with Crippen LogP contribution in [0.15, 0.2) is 17.1 Å². The van der Waals surface area contributed by atoms with Crippen LogP contribution in [0.3, 0.4) is 0 Å². The molecule has 1 aliphatic rings. The van der Waals surface area contributed by atoms with Crippen molar-refractivity contribution in [3.63, 3.8) is 0 Å². The monoisotopic (exact) mass is 404 g/mol. The van der Waals surface area contributed by atoms with E-state index >= 15 is 0 Å². The lowest BCUT2D eigenvalue weighted by Gasteiger charge is -2.15. The fourth-order valence-corrected chi connectivity index (χ4v) is 4.47. The van der Waals surface area contributed by atoms with Gasteiger partial charge >= 0.3 is 6.18 Å². The van der Waals surface area contributed by atoms with E-state index in [1.54, 1.807) is 0 Å². The largest absolute Gasteiger partial charge is 0.390 e. The van der Waals surface area contributed by atoms with Crippen LogP contribution in [0.25, 0.3) is 0 Å². The van der Waals surface area contributed by atoms with E-state index < -0.39 is 52.4 Å². The van der Waals surface area contributed by atoms with E-state index in [4.69, 9.17) is 11.6 Å². The van der Waals surface area contributed by atoms with Crippen LogP contribution >= 0.6 is 23.4 Å². The molecule has 1 fully saturated rings. The number of halogens is 6. The predicted molar refractivity (Wildman–Crippen MR) is 85.4 cm³/mol. The standard InChI is InChI=1S/C14H14ClF5N2O2S/c15-8-4-10(25-11(8)5-14(18,19)20)12(23)21-7-3-9(17)13(24)22(6-7)2-1-16/h3,6,8,10-11H,1-2,4-5H2,(H,21,23). The number of nitrogens with zero attached hydrogens (tertiary/aromatic N) is 1. The second kappa shape index (κ2) is 7.94. The van der Waals surface area contributed by atoms with Gasteiger partial charge in [0, 0.05) is 22.9 Å². The Labute approximate surface area is 148 Å². The van der Waals surface area contributed by atoms with Crippen LogP contribution in [0.2, 0.25) is 0 Å². The highest BCUT2D eigenvalue weighted by Crippen LogP contribution is 2.43. The van der Waals surface area contributed by atoms with Gasteiger partial charge in [0.25, 0.3) is 5.56 Å². The van der Waals surface area contributed by atoms with Crippen LogP contribution in [0.4, 0.5) is 27.6 Å². The highest BCUT2D eigenvalue weighted by Gasteiger charge is 2.43. The Kier molecular flexibility index (Phi) is 6.36. The number of amides is 1. The van der Waals surface area contributed by atoms with Gasteiger partial charge in [-0.05, 0) is 6.42 Å². The maximum atomic E-state index is 13.5. The van der Waals surface area contributed by atoms with Gasteiger partial charge in [-0.1, -0.05) is 0 Å². The molecule has 0 spiro atoms. The van der Waals surface area contributed by atoms with E-state index in [0.717, 1.165) is 28.6 Å². The maximum absolute atomic E-state index is 13.5. The van der Waals surface area contributed by atoms with Crippen molar-refractivity contribution in [2.75, 3.05) is 12.0 Å². The summed E-state index contributed by atoms with van der Waals surface area (Å²) in [6, 6.07) is 0.778. The van der Waals surface area contributed by atoms with Crippen molar-refractivity contribution in [2.45, 2.75) is 41.4 Å². The van der Waals surface area contributed by atoms with Gasteiger partial charge in [0.15, 0.2) is 5.82 Å². The van der Waals surface area contributed by atoms with E-state index in [2.05, 4.69) is 5.32 Å². The van der Waals surface area contributed by atoms with Gasteiger partial charge in [-0.15, -0.1) is 23.4 Å². The minimum Gasteiger partial charge on any atom is -0.324 e. The van der Waals surface area contributed by atoms with E-state index in [-0.39, 0.29) is 18.7 Å². The van der Waals surface area contributed by atoms with Gasteiger partial charge in [0.05, 0.1) is 23.9 Å². The first-order valence-corrected chi connectivity index (χ1v) is 8.61. The third-order valence-electron chi connectivity index (χ3n) is 3.54. The molecule has 140 valence electrons. The Morgan fingerprint density at radius 1 is 1.44 bits per heavy atom. The van der Waals surface area contributed by atoms with Crippen molar-refractivity contribution in [3.05, 3.63) is 28.4 Å². The zero-order valence-electron chi connectivity index (χ0n) is 12.7. The molecule has 0 radical (unpaired) electrons. The Hall–Kier alpha value is -1.29. The number of anilines is 1. The Morgan fingerprint density at radius 3 is 2.72 bits per heavy atom. The van der Waals surface area contributed by atoms with E-state index in [1.165, 1.54) is 0 Å². The zero-order valence-corrected chi connectivity index (χ0v) is 14.2. The lowest BCUT2D eigenvalue weighted by atomic mass is 10.1. The van der Waals surface area contributed by atoms with Crippen LogP contribution in [0.5, 0.6) is 0 Å². The van der Waals surface area contributed by atoms with Gasteiger partial charge in [-0.25, -0.2) is 8.78 Å². The number of carbonyl (C=O) groups is 1. The molecule has 1 saturated heterocycles. The Morgan fingerprint density at radius 2 is 2.12 bits per heavy atom. The van der Waals surface area contributed by atoms with Crippen molar-refractivity contribution < 1.29 is 26.7 Å². The topological polar surface area (TPSA) is 51.1 Å². The second-order valence-corrected chi connectivity index (χ2v) is 7.49. The number of thioether (sulfide) groups is 1. The van der Waals surface area contributed by atoms with Crippen LogP contribution in [-0.4, -0.2) is 39.2 Å². The summed E-state index contributed by atoms with van der Waals surface area (Å²) in [6.07, 6.45) is -4.38. The van der Waals surface area contributed by atoms with Crippen molar-refractivity contribution in [2.24, 2.45) is 0 Å². The van der Waals surface area contributed by atoms with Crippen LogP contribution in [0.1, 0.15) is 12.8 Å². The third kappa shape index (κ3) is 5.34. The summed E-state index contributed by atoms with van der Waals surface area (Å²) >= 11 is 6.70. The minimum absolute atomic E-state index is 0.0331. The zero-order chi connectivity index (χ0) is 18.8. The number of hydrogen-bond donors (Lipinski definition) is 1. The normalized spacial score (nSPS) is 23.7. The molecular formula is C14H14ClF5N2O2S. The second-order valence-electron chi connectivity index (χ2n) is 5.49. The molecular weight excluding hydrogens is 391 g/mol. The summed E-state index contributed by atoms with van der Waals surface area (Å²) in [7, 11) is 0. The lowest BCUT2D eigenvalue weighted by molar-refractivity contribution is -0.134. The molecule has 1 aliphatic heterocycles. The first kappa shape index (κ1) is 20.0. The molecule has 2 heterocycles. The molecule has 4 nitrogen and oxygen atoms in total. The van der Waals surface area contributed by atoms with E-state index in [0.29, 0.717) is 0 Å². The molecule has 1 amide bonds. The molecule has 0 aromatic carbocycles. The summed E-state index contributed by atoms with van der Waals surface area (Å²) in [5.74, 6) is -1.82. The molecule has 0 aliphatic carbocycles. The Balaban J connectivity index is 2.07. The number of hydrogen-bond acceptors (Lipinski definition) is 3. The summed E-state index contributed by atoms with van der Waals surface area (Å²) in [4.78, 5) is 23.6. The van der Waals surface area contributed by atoms with Gasteiger partial charge < -0.3 is 9.88 Å². The highest BCUT2D eigenvalue weighted by atomic mass is 35.5. The minimum atomic E-state index is -4.39. The van der Waals surface area contributed by atoms with Gasteiger partial charge in [0.2, 0.25) is 5.91 Å². The summed E-state index contributed by atoms with van der Waals surface area (Å²) in [5, 5.41) is -0.270. The van der Waals surface area contributed by atoms with Crippen LogP contribution < -0.4 is 10.9 Å². The summed E-state index contributed by atoms with van der Waals surface area (Å²) < 4.78 is 64.1. The fourth-order valence-electron chi connectivity index (χ4n) is 2.43. The number of alkyl halides is 5. The van der Waals surface area contributed by atoms with E-state index in [9.17, 15) is 31.5 Å². The fraction of sp³-hybridized carbons (Fsp3) is 0.571. The lowest BCUT2D eigenvalue weighted by Crippen LogP contribution is -2.27. The van der Waals surface area contributed by atoms with Crippen molar-refractivity contribution in [1.29, 1.82) is 0 Å². The van der Waals surface area contributed by atoms with Gasteiger partial charge in [0.1, 0.15) is 6.67 Å². The average Bonchev–Trinajstić information content (AvgIpc) is 2.84. The highest BCUT2D eigenvalue weighted by molar-refractivity contribution is 8.01. The molecule has 1 aromatic heterocycles. The number of carbonyl (C=O) groups excluding carboxylic acids is 1. The summed E-state index contributed by atoms with van der Waals surface area (Å²) in [5.41, 5.74) is -1.11. The molecule has 1 aromatic rings. The first-order valence-electron chi connectivity index (χ1n) is 7.24. The molecule has 1 N–H and O–H groups in total. The van der Waals surface area contributed by atoms with Gasteiger partial charge in [-0.2, -0.15) is 13.2 Å². The van der Waals surface area contributed by atoms with Gasteiger partial charge in [-0.3, -0.25) is 9.59 Å². The molecule has 3 atom stereocenters. The molecule has 11 heteroatoms. The SMILES string of the molecule is O=C(Nc1cc(F)c(=O)n(CCF)c1)C1CC(Cl)C(CC(F)(F)F)S1. The third-order valence-corrected chi connectivity index (χ3v) is 5.75. The smallest absolute Gasteiger partial charge is 0.324 e. The number of nitrogens with one attached hydrogen (secondary N) is 1. The van der Waals surface area contributed by atoms with Crippen molar-refractivity contribution in [3.8, 4) is 0 Å². The molecule has 3 unspecified atom stereocenters. The molecule has 25 heavy (non-hydrogen) atoms. The van der Waals surface area contributed by atoms with Crippen molar-refractivity contribution >= 4 is 35.0 Å². The maximum Gasteiger partial charge on any atom is 0.390 e. The molecule has 2 rings (SSSR count). The quantitative estimate of drug-likeness (QED) is 0.605. The number of pyridine rings is 1. The Bertz CT molecular complexity index is 697. The molecule has 0 bridgehead atoms. The average molecular weight is 405 g/mol. The van der Waals surface area contributed by atoms with Crippen LogP contribution in [-0.2, 0) is 11.3 Å². The number of aryl methyl sites for hydroxylation is 1. The van der Waals surface area contributed by atoms with E-state index in [1.807, 2.05) is 0 Å². The van der Waals surface area contributed by atoms with Crippen molar-refractivity contribution in [1.82, 2.24) is 4.57 Å². The summed E-state index contributed by atoms with van der Waals surface area (Å²) in [6.45, 7) is -1.28. The molecule has 0 saturated carbocycles.